The van der Waals surface area contributed by atoms with Crippen molar-refractivity contribution in [1.82, 2.24) is 0 Å². The molecule has 0 amide bonds. The maximum Gasteiger partial charge on any atom is 0.331 e. The van der Waals surface area contributed by atoms with Crippen molar-refractivity contribution in [2.75, 3.05) is 6.61 Å². The number of carboxylic acids is 2. The van der Waals surface area contributed by atoms with Crippen molar-refractivity contribution in [1.29, 1.82) is 0 Å². The van der Waals surface area contributed by atoms with Crippen LogP contribution in [0.1, 0.15) is 26.7 Å². The second kappa shape index (κ2) is 11.2. The van der Waals surface area contributed by atoms with Gasteiger partial charge in [0.1, 0.15) is 24.4 Å². The molecule has 0 aromatic heterocycles. The average Bonchev–Trinajstić information content (AvgIpc) is 2.63. The molecule has 0 aliphatic carbocycles. The lowest BCUT2D eigenvalue weighted by Gasteiger charge is -2.41. The standard InChI is InChI=1S/C18H28O10/c1-9(5-3-4-6-10(2)17(25)26)11(7-13(20)21)27-18-16(24)15(23)14(22)12(8-19)28-18/h3-4,6,9,11-12,14-16,18-19,22-24H,5,7-8H2,1-2H3,(H,20,21)(H,25,26)/b4-3+,10-6+/t9-,11+,12-,14-,15+,16-,18-/m1/s1. The summed E-state index contributed by atoms with van der Waals surface area (Å²) in [5, 5.41) is 56.8. The van der Waals surface area contributed by atoms with Crippen molar-refractivity contribution in [3.05, 3.63) is 23.8 Å². The molecule has 0 unspecified atom stereocenters. The summed E-state index contributed by atoms with van der Waals surface area (Å²) in [6.07, 6.45) is -3.76. The zero-order valence-electron chi connectivity index (χ0n) is 15.7. The highest BCUT2D eigenvalue weighted by Gasteiger charge is 2.45. The van der Waals surface area contributed by atoms with E-state index in [0.717, 1.165) is 0 Å². The van der Waals surface area contributed by atoms with Crippen LogP contribution >= 0.6 is 0 Å². The van der Waals surface area contributed by atoms with Crippen molar-refractivity contribution in [3.63, 3.8) is 0 Å². The van der Waals surface area contributed by atoms with Gasteiger partial charge in [0.25, 0.3) is 0 Å². The van der Waals surface area contributed by atoms with Crippen LogP contribution in [-0.4, -0.2) is 86.0 Å². The van der Waals surface area contributed by atoms with Gasteiger partial charge in [-0.3, -0.25) is 4.79 Å². The van der Waals surface area contributed by atoms with Crippen LogP contribution in [0.4, 0.5) is 0 Å². The summed E-state index contributed by atoms with van der Waals surface area (Å²) in [5.74, 6) is -2.56. The van der Waals surface area contributed by atoms with E-state index in [1.54, 1.807) is 13.0 Å². The van der Waals surface area contributed by atoms with Gasteiger partial charge in [-0.15, -0.1) is 0 Å². The van der Waals surface area contributed by atoms with Gasteiger partial charge in [-0.25, -0.2) is 4.79 Å². The highest BCUT2D eigenvalue weighted by atomic mass is 16.7. The molecular weight excluding hydrogens is 376 g/mol. The topological polar surface area (TPSA) is 174 Å². The minimum Gasteiger partial charge on any atom is -0.481 e. The molecule has 10 nitrogen and oxygen atoms in total. The van der Waals surface area contributed by atoms with Crippen LogP contribution in [0, 0.1) is 5.92 Å². The van der Waals surface area contributed by atoms with Gasteiger partial charge < -0.3 is 40.1 Å². The average molecular weight is 404 g/mol. The Morgan fingerprint density at radius 1 is 1.14 bits per heavy atom. The van der Waals surface area contributed by atoms with Crippen LogP contribution in [0.2, 0.25) is 0 Å². The number of hydrogen-bond acceptors (Lipinski definition) is 8. The maximum atomic E-state index is 11.2. The first-order valence-electron chi connectivity index (χ1n) is 8.83. The summed E-state index contributed by atoms with van der Waals surface area (Å²) in [5.41, 5.74) is 0.142. The number of aliphatic carboxylic acids is 2. The third-order valence-electron chi connectivity index (χ3n) is 4.50. The fourth-order valence-corrected chi connectivity index (χ4v) is 2.64. The molecule has 1 aliphatic rings. The number of aliphatic hydroxyl groups is 4. The predicted molar refractivity (Wildman–Crippen MR) is 95.2 cm³/mol. The van der Waals surface area contributed by atoms with Gasteiger partial charge in [0.2, 0.25) is 0 Å². The molecule has 0 saturated carbocycles. The Morgan fingerprint density at radius 3 is 2.32 bits per heavy atom. The molecule has 28 heavy (non-hydrogen) atoms. The molecule has 160 valence electrons. The zero-order valence-corrected chi connectivity index (χ0v) is 15.7. The number of hydrogen-bond donors (Lipinski definition) is 6. The lowest BCUT2D eigenvalue weighted by molar-refractivity contribution is -0.314. The number of aliphatic hydroxyl groups excluding tert-OH is 4. The Bertz CT molecular complexity index is 585. The lowest BCUT2D eigenvalue weighted by Crippen LogP contribution is -2.60. The van der Waals surface area contributed by atoms with Gasteiger partial charge in [0, 0.05) is 5.57 Å². The van der Waals surface area contributed by atoms with E-state index in [-0.39, 0.29) is 11.5 Å². The molecule has 0 radical (unpaired) electrons. The van der Waals surface area contributed by atoms with Gasteiger partial charge in [-0.1, -0.05) is 25.2 Å². The first-order chi connectivity index (χ1) is 13.1. The van der Waals surface area contributed by atoms with E-state index in [9.17, 15) is 30.0 Å². The summed E-state index contributed by atoms with van der Waals surface area (Å²) in [6, 6.07) is 0. The van der Waals surface area contributed by atoms with Crippen LogP contribution in [-0.2, 0) is 19.1 Å². The van der Waals surface area contributed by atoms with E-state index < -0.39 is 61.8 Å². The van der Waals surface area contributed by atoms with Gasteiger partial charge in [0.15, 0.2) is 6.29 Å². The van der Waals surface area contributed by atoms with E-state index in [1.807, 2.05) is 0 Å². The summed E-state index contributed by atoms with van der Waals surface area (Å²) in [4.78, 5) is 21.9. The monoisotopic (exact) mass is 404 g/mol. The second-order valence-corrected chi connectivity index (χ2v) is 6.77. The smallest absolute Gasteiger partial charge is 0.331 e. The number of rotatable bonds is 10. The molecule has 0 aromatic rings. The molecule has 1 fully saturated rings. The third kappa shape index (κ3) is 6.97. The van der Waals surface area contributed by atoms with Gasteiger partial charge in [0.05, 0.1) is 19.1 Å². The van der Waals surface area contributed by atoms with Crippen LogP contribution in [0.5, 0.6) is 0 Å². The first-order valence-corrected chi connectivity index (χ1v) is 8.83. The summed E-state index contributed by atoms with van der Waals surface area (Å²) < 4.78 is 10.8. The van der Waals surface area contributed by atoms with Gasteiger partial charge >= 0.3 is 11.9 Å². The van der Waals surface area contributed by atoms with E-state index in [0.29, 0.717) is 6.42 Å². The van der Waals surface area contributed by atoms with E-state index in [4.69, 9.17) is 19.7 Å². The van der Waals surface area contributed by atoms with Crippen molar-refractivity contribution < 1.29 is 49.7 Å². The van der Waals surface area contributed by atoms with Gasteiger partial charge in [-0.05, 0) is 19.3 Å². The molecule has 0 aromatic carbocycles. The lowest BCUT2D eigenvalue weighted by atomic mass is 9.96. The number of allylic oxidation sites excluding steroid dienone is 3. The molecule has 1 rings (SSSR count). The minimum absolute atomic E-state index is 0.142. The van der Waals surface area contributed by atoms with Crippen LogP contribution in [0.25, 0.3) is 0 Å². The Labute approximate surface area is 162 Å². The number of carboxylic acid groups (broad SMARTS) is 2. The molecule has 1 heterocycles. The van der Waals surface area contributed by atoms with E-state index in [1.165, 1.54) is 19.1 Å². The molecule has 1 aliphatic heterocycles. The minimum atomic E-state index is -1.63. The molecule has 1 saturated heterocycles. The fourth-order valence-electron chi connectivity index (χ4n) is 2.64. The van der Waals surface area contributed by atoms with E-state index >= 15 is 0 Å². The fraction of sp³-hybridized carbons (Fsp3) is 0.667. The molecule has 6 N–H and O–H groups in total. The highest BCUT2D eigenvalue weighted by Crippen LogP contribution is 2.26. The quantitative estimate of drug-likeness (QED) is 0.201. The Kier molecular flexibility index (Phi) is 9.73. The van der Waals surface area contributed by atoms with Crippen LogP contribution in [0.3, 0.4) is 0 Å². The summed E-state index contributed by atoms with van der Waals surface area (Å²) in [6.45, 7) is 2.52. The largest absolute Gasteiger partial charge is 0.481 e. The van der Waals surface area contributed by atoms with E-state index in [2.05, 4.69) is 0 Å². The predicted octanol–water partition coefficient (Wildman–Crippen LogP) is -0.740. The Morgan fingerprint density at radius 2 is 1.79 bits per heavy atom. The SMILES string of the molecule is C/C(=C\C=C\C[C@@H](C)[C@H](CC(=O)O)O[C@@H]1O[C@H](CO)[C@@H](O)[C@H](O)[C@H]1O)C(=O)O. The van der Waals surface area contributed by atoms with Crippen molar-refractivity contribution >= 4 is 11.9 Å². The summed E-state index contributed by atoms with van der Waals surface area (Å²) >= 11 is 0. The summed E-state index contributed by atoms with van der Waals surface area (Å²) in [7, 11) is 0. The Balaban J connectivity index is 2.81. The normalized spacial score (nSPS) is 30.9. The molecule has 10 heteroatoms. The van der Waals surface area contributed by atoms with Crippen molar-refractivity contribution in [2.24, 2.45) is 5.92 Å². The van der Waals surface area contributed by atoms with Gasteiger partial charge in [-0.2, -0.15) is 0 Å². The van der Waals surface area contributed by atoms with Crippen LogP contribution in [0.15, 0.2) is 23.8 Å². The third-order valence-corrected chi connectivity index (χ3v) is 4.50. The van der Waals surface area contributed by atoms with Crippen molar-refractivity contribution in [3.8, 4) is 0 Å². The molecule has 7 atom stereocenters. The number of carbonyl (C=O) groups is 2. The molecular formula is C18H28O10. The van der Waals surface area contributed by atoms with Crippen molar-refractivity contribution in [2.45, 2.75) is 63.5 Å². The second-order valence-electron chi connectivity index (χ2n) is 6.77. The first kappa shape index (κ1) is 24.2. The highest BCUT2D eigenvalue weighted by molar-refractivity contribution is 5.86. The van der Waals surface area contributed by atoms with Crippen LogP contribution < -0.4 is 0 Å². The molecule has 0 spiro atoms. The zero-order chi connectivity index (χ0) is 21.4. The Hall–Kier alpha value is -1.82. The number of ether oxygens (including phenoxy) is 2. The maximum absolute atomic E-state index is 11.2. The molecule has 0 bridgehead atoms.